The van der Waals surface area contributed by atoms with Crippen molar-refractivity contribution in [1.29, 1.82) is 0 Å². The summed E-state index contributed by atoms with van der Waals surface area (Å²) in [6, 6.07) is 0. The molecule has 0 atom stereocenters. The van der Waals surface area contributed by atoms with Gasteiger partial charge in [0.25, 0.3) is 0 Å². The lowest BCUT2D eigenvalue weighted by Gasteiger charge is -2.35. The molecule has 0 radical (unpaired) electrons. The van der Waals surface area contributed by atoms with Crippen molar-refractivity contribution in [2.45, 2.75) is 19.3 Å². The first kappa shape index (κ1) is 20.6. The minimum Gasteiger partial charge on any atom is -0.384 e. The van der Waals surface area contributed by atoms with Crippen LogP contribution >= 0.6 is 36.2 Å². The van der Waals surface area contributed by atoms with Gasteiger partial charge in [-0.1, -0.05) is 0 Å². The van der Waals surface area contributed by atoms with Gasteiger partial charge in [-0.3, -0.25) is 4.79 Å². The summed E-state index contributed by atoms with van der Waals surface area (Å²) in [5, 5.41) is 9.34. The van der Waals surface area contributed by atoms with E-state index in [0.29, 0.717) is 13.2 Å². The Balaban J connectivity index is 0.00000200. The predicted molar refractivity (Wildman–Crippen MR) is 89.7 cm³/mol. The number of piperidine rings is 1. The van der Waals surface area contributed by atoms with Gasteiger partial charge in [0.15, 0.2) is 0 Å². The maximum atomic E-state index is 12.4. The third kappa shape index (κ3) is 5.71. The summed E-state index contributed by atoms with van der Waals surface area (Å²) in [7, 11) is 1.66. The van der Waals surface area contributed by atoms with Gasteiger partial charge in [-0.05, 0) is 25.9 Å². The van der Waals surface area contributed by atoms with E-state index in [0.717, 1.165) is 37.4 Å². The smallest absolute Gasteiger partial charge is 0.228 e. The average Bonchev–Trinajstić information content (AvgIpc) is 2.93. The van der Waals surface area contributed by atoms with Crippen molar-refractivity contribution in [3.8, 4) is 0 Å². The monoisotopic (exact) mass is 355 g/mol. The minimum atomic E-state index is -0.358. The van der Waals surface area contributed by atoms with Crippen LogP contribution in [-0.2, 0) is 16.0 Å². The Kier molecular flexibility index (Phi) is 10.1. The number of amides is 1. The van der Waals surface area contributed by atoms with E-state index in [2.05, 4.69) is 15.6 Å². The molecule has 1 aliphatic rings. The Hall–Kier alpha value is -0.400. The number of halogens is 2. The molecule has 0 saturated carbocycles. The highest BCUT2D eigenvalue weighted by atomic mass is 35.5. The Bertz CT molecular complexity index is 393. The summed E-state index contributed by atoms with van der Waals surface area (Å²) in [6.07, 6.45) is 4.26. The van der Waals surface area contributed by atoms with Crippen molar-refractivity contribution >= 4 is 42.1 Å². The van der Waals surface area contributed by atoms with Crippen LogP contribution in [0.1, 0.15) is 17.8 Å². The first-order valence-electron chi connectivity index (χ1n) is 6.63. The van der Waals surface area contributed by atoms with Gasteiger partial charge >= 0.3 is 0 Å². The predicted octanol–water partition coefficient (Wildman–Crippen LogP) is 1.66. The van der Waals surface area contributed by atoms with Crippen molar-refractivity contribution in [2.24, 2.45) is 5.41 Å². The quantitative estimate of drug-likeness (QED) is 0.814. The molecule has 1 aromatic rings. The number of aromatic nitrogens is 1. The number of methoxy groups -OCH3 is 1. The summed E-state index contributed by atoms with van der Waals surface area (Å²) in [4.78, 5) is 16.6. The van der Waals surface area contributed by atoms with Gasteiger partial charge in [0.05, 0.1) is 17.0 Å². The average molecular weight is 356 g/mol. The highest BCUT2D eigenvalue weighted by Crippen LogP contribution is 2.29. The fourth-order valence-electron chi connectivity index (χ4n) is 2.47. The number of carbonyl (C=O) groups excluding carboxylic acids is 1. The second-order valence-corrected chi connectivity index (χ2v) is 5.87. The lowest BCUT2D eigenvalue weighted by molar-refractivity contribution is -0.136. The summed E-state index contributed by atoms with van der Waals surface area (Å²) < 4.78 is 5.26. The third-order valence-corrected chi connectivity index (χ3v) is 4.41. The van der Waals surface area contributed by atoms with E-state index in [4.69, 9.17) is 4.74 Å². The van der Waals surface area contributed by atoms with Crippen LogP contribution in [0, 0.1) is 5.41 Å². The van der Waals surface area contributed by atoms with Gasteiger partial charge in [0.1, 0.15) is 0 Å². The number of rotatable bonds is 6. The highest BCUT2D eigenvalue weighted by molar-refractivity contribution is 7.09. The molecule has 0 bridgehead atoms. The zero-order valence-corrected chi connectivity index (χ0v) is 14.5. The lowest BCUT2D eigenvalue weighted by atomic mass is 9.78. The van der Waals surface area contributed by atoms with E-state index in [-0.39, 0.29) is 36.1 Å². The van der Waals surface area contributed by atoms with Crippen LogP contribution in [0.2, 0.25) is 0 Å². The fraction of sp³-hybridized carbons (Fsp3) is 0.692. The Morgan fingerprint density at radius 2 is 2.19 bits per heavy atom. The van der Waals surface area contributed by atoms with E-state index < -0.39 is 0 Å². The number of carbonyl (C=O) groups is 1. The largest absolute Gasteiger partial charge is 0.384 e. The van der Waals surface area contributed by atoms with Gasteiger partial charge in [0.2, 0.25) is 5.91 Å². The summed E-state index contributed by atoms with van der Waals surface area (Å²) in [5.74, 6) is 0.118. The molecule has 1 amide bonds. The molecule has 8 heteroatoms. The zero-order valence-electron chi connectivity index (χ0n) is 12.1. The molecule has 0 aliphatic carbocycles. The van der Waals surface area contributed by atoms with Crippen LogP contribution in [0.25, 0.3) is 0 Å². The maximum Gasteiger partial charge on any atom is 0.228 e. The zero-order chi connectivity index (χ0) is 13.6. The van der Waals surface area contributed by atoms with Crippen LogP contribution in [0.15, 0.2) is 11.6 Å². The second kappa shape index (κ2) is 10.3. The van der Waals surface area contributed by atoms with Crippen molar-refractivity contribution in [2.75, 3.05) is 33.4 Å². The van der Waals surface area contributed by atoms with E-state index >= 15 is 0 Å². The second-order valence-electron chi connectivity index (χ2n) is 4.90. The van der Waals surface area contributed by atoms with Gasteiger partial charge in [-0.25, -0.2) is 4.98 Å². The maximum absolute atomic E-state index is 12.4. The van der Waals surface area contributed by atoms with Gasteiger partial charge in [0, 0.05) is 31.7 Å². The minimum absolute atomic E-state index is 0. The molecule has 0 unspecified atom stereocenters. The Morgan fingerprint density at radius 1 is 1.48 bits per heavy atom. The molecule has 1 aromatic heterocycles. The molecule has 0 spiro atoms. The molecular weight excluding hydrogens is 333 g/mol. The highest BCUT2D eigenvalue weighted by Gasteiger charge is 2.39. The molecule has 2 rings (SSSR count). The van der Waals surface area contributed by atoms with E-state index in [1.165, 1.54) is 0 Å². The van der Waals surface area contributed by atoms with Crippen molar-refractivity contribution in [3.63, 3.8) is 0 Å². The number of hydrogen-bond acceptors (Lipinski definition) is 5. The van der Waals surface area contributed by atoms with E-state index in [9.17, 15) is 4.79 Å². The number of nitrogens with one attached hydrogen (secondary N) is 2. The van der Waals surface area contributed by atoms with Crippen molar-refractivity contribution in [3.05, 3.63) is 16.6 Å². The van der Waals surface area contributed by atoms with E-state index in [1.807, 2.05) is 5.38 Å². The van der Waals surface area contributed by atoms with Crippen molar-refractivity contribution < 1.29 is 9.53 Å². The molecule has 1 fully saturated rings. The van der Waals surface area contributed by atoms with Crippen LogP contribution in [0.4, 0.5) is 0 Å². The van der Waals surface area contributed by atoms with E-state index in [1.54, 1.807) is 24.6 Å². The number of thiazole rings is 1. The first-order valence-corrected chi connectivity index (χ1v) is 7.51. The van der Waals surface area contributed by atoms with Crippen LogP contribution in [0.3, 0.4) is 0 Å². The summed E-state index contributed by atoms with van der Waals surface area (Å²) in [6.45, 7) is 2.90. The fourth-order valence-corrected chi connectivity index (χ4v) is 3.09. The SMILES string of the molecule is COCC1(C(=O)NCCc2nccs2)CCNCC1.Cl.Cl. The third-order valence-electron chi connectivity index (χ3n) is 3.57. The van der Waals surface area contributed by atoms with Crippen LogP contribution in [-0.4, -0.2) is 44.2 Å². The molecule has 0 aromatic carbocycles. The molecular formula is C13H23Cl2N3O2S. The molecule has 5 nitrogen and oxygen atoms in total. The summed E-state index contributed by atoms with van der Waals surface area (Å²) >= 11 is 1.62. The lowest BCUT2D eigenvalue weighted by Crippen LogP contribution is -2.50. The first-order chi connectivity index (χ1) is 9.27. The molecule has 122 valence electrons. The normalized spacial score (nSPS) is 16.4. The Labute approximate surface area is 142 Å². The molecule has 1 saturated heterocycles. The van der Waals surface area contributed by atoms with Crippen LogP contribution < -0.4 is 10.6 Å². The number of ether oxygens (including phenoxy) is 1. The summed E-state index contributed by atoms with van der Waals surface area (Å²) in [5.41, 5.74) is -0.358. The van der Waals surface area contributed by atoms with Crippen molar-refractivity contribution in [1.82, 2.24) is 15.6 Å². The van der Waals surface area contributed by atoms with Gasteiger partial charge in [-0.15, -0.1) is 36.2 Å². The van der Waals surface area contributed by atoms with Gasteiger partial charge < -0.3 is 15.4 Å². The van der Waals surface area contributed by atoms with Gasteiger partial charge in [-0.2, -0.15) is 0 Å². The molecule has 1 aliphatic heterocycles. The standard InChI is InChI=1S/C13H21N3O2S.2ClH/c1-18-10-13(3-6-14-7-4-13)12(17)16-5-2-11-15-8-9-19-11;;/h8-9,14H,2-7,10H2,1H3,(H,16,17);2*1H. The number of nitrogens with zero attached hydrogens (tertiary/aromatic N) is 1. The molecule has 2 N–H and O–H groups in total. The molecule has 21 heavy (non-hydrogen) atoms. The topological polar surface area (TPSA) is 63.2 Å². The number of hydrogen-bond donors (Lipinski definition) is 2. The van der Waals surface area contributed by atoms with Crippen LogP contribution in [0.5, 0.6) is 0 Å². The molecule has 2 heterocycles. The Morgan fingerprint density at radius 3 is 2.76 bits per heavy atom.